The molecule has 2 aromatic rings. The van der Waals surface area contributed by atoms with E-state index in [4.69, 9.17) is 14.9 Å². The predicted molar refractivity (Wildman–Crippen MR) is 88.6 cm³/mol. The van der Waals surface area contributed by atoms with Gasteiger partial charge >= 0.3 is 11.8 Å². The number of hydrogen-bond acceptors (Lipinski definition) is 5. The third-order valence-electron chi connectivity index (χ3n) is 3.32. The van der Waals surface area contributed by atoms with Crippen LogP contribution in [-0.2, 0) is 11.3 Å². The topological polar surface area (TPSA) is 117 Å². The molecular weight excluding hydrogens is 314 g/mol. The maximum absolute atomic E-state index is 12.0. The molecule has 24 heavy (non-hydrogen) atoms. The quantitative estimate of drug-likeness (QED) is 0.484. The van der Waals surface area contributed by atoms with Crippen molar-refractivity contribution in [2.45, 2.75) is 45.6 Å². The third-order valence-corrected chi connectivity index (χ3v) is 3.32. The predicted octanol–water partition coefficient (Wildman–Crippen LogP) is 1.23. The van der Waals surface area contributed by atoms with Gasteiger partial charge in [-0.15, -0.1) is 0 Å². The molecule has 0 unspecified atom stereocenters. The molecule has 1 aromatic carbocycles. The Labute approximate surface area is 139 Å². The van der Waals surface area contributed by atoms with Crippen molar-refractivity contribution < 1.29 is 19.7 Å². The first-order valence-corrected chi connectivity index (χ1v) is 7.73. The fourth-order valence-corrected chi connectivity index (χ4v) is 2.31. The minimum Gasteiger partial charge on any atom is -0.444 e. The van der Waals surface area contributed by atoms with Gasteiger partial charge in [0.05, 0.1) is 11.0 Å². The highest BCUT2D eigenvalue weighted by molar-refractivity contribution is 5.76. The average molecular weight is 337 g/mol. The van der Waals surface area contributed by atoms with Crippen LogP contribution in [0.15, 0.2) is 23.0 Å². The zero-order valence-corrected chi connectivity index (χ0v) is 14.0. The van der Waals surface area contributed by atoms with Gasteiger partial charge in [0, 0.05) is 18.7 Å². The van der Waals surface area contributed by atoms with E-state index in [1.807, 2.05) is 0 Å². The molecule has 8 nitrogen and oxygen atoms in total. The third kappa shape index (κ3) is 4.59. The van der Waals surface area contributed by atoms with Gasteiger partial charge in [-0.3, -0.25) is 4.57 Å². The van der Waals surface area contributed by atoms with E-state index in [1.54, 1.807) is 37.5 Å². The monoisotopic (exact) mass is 337 g/mol. The van der Waals surface area contributed by atoms with Crippen molar-refractivity contribution in [2.24, 2.45) is 0 Å². The molecule has 1 heterocycles. The fraction of sp³-hybridized carbons (Fsp3) is 0.500. The number of amides is 1. The van der Waals surface area contributed by atoms with Crippen molar-refractivity contribution in [1.82, 2.24) is 14.9 Å². The van der Waals surface area contributed by atoms with Crippen LogP contribution in [0.1, 0.15) is 39.0 Å². The number of aromatic amines is 1. The highest BCUT2D eigenvalue weighted by Gasteiger charge is 2.15. The summed E-state index contributed by atoms with van der Waals surface area (Å²) in [5.74, 6) is 0. The zero-order chi connectivity index (χ0) is 17.9. The molecule has 0 aliphatic carbocycles. The van der Waals surface area contributed by atoms with Gasteiger partial charge in [0.25, 0.3) is 0 Å². The Morgan fingerprint density at radius 3 is 2.71 bits per heavy atom. The first kappa shape index (κ1) is 18.0. The van der Waals surface area contributed by atoms with E-state index < -0.39 is 18.0 Å². The lowest BCUT2D eigenvalue weighted by Crippen LogP contribution is -2.33. The largest absolute Gasteiger partial charge is 0.444 e. The van der Waals surface area contributed by atoms with Gasteiger partial charge in [0.1, 0.15) is 5.60 Å². The van der Waals surface area contributed by atoms with Gasteiger partial charge < -0.3 is 25.3 Å². The van der Waals surface area contributed by atoms with E-state index >= 15 is 0 Å². The average Bonchev–Trinajstić information content (AvgIpc) is 2.76. The van der Waals surface area contributed by atoms with Crippen LogP contribution in [0.25, 0.3) is 11.0 Å². The maximum atomic E-state index is 12.0. The van der Waals surface area contributed by atoms with E-state index in [2.05, 4.69) is 10.3 Å². The summed E-state index contributed by atoms with van der Waals surface area (Å²) in [6.07, 6.45) is -1.52. The Bertz CT molecular complexity index is 770. The number of ether oxygens (including phenoxy) is 1. The second-order valence-electron chi connectivity index (χ2n) is 6.51. The summed E-state index contributed by atoms with van der Waals surface area (Å²) in [7, 11) is 0. The van der Waals surface area contributed by atoms with Crippen LogP contribution in [-0.4, -0.2) is 38.0 Å². The number of alkyl carbamates (subject to hydrolysis) is 1. The van der Waals surface area contributed by atoms with Crippen LogP contribution in [0.3, 0.4) is 0 Å². The molecule has 0 spiro atoms. The minimum absolute atomic E-state index is 0.285. The molecule has 2 rings (SSSR count). The number of aliphatic hydroxyl groups excluding tert-OH is 1. The molecule has 0 saturated heterocycles. The van der Waals surface area contributed by atoms with Crippen molar-refractivity contribution in [3.63, 3.8) is 0 Å². The number of imidazole rings is 1. The molecule has 0 bridgehead atoms. The van der Waals surface area contributed by atoms with Crippen LogP contribution in [0.5, 0.6) is 0 Å². The Balaban J connectivity index is 1.97. The molecule has 0 aliphatic rings. The summed E-state index contributed by atoms with van der Waals surface area (Å²) in [5, 5.41) is 21.0. The summed E-state index contributed by atoms with van der Waals surface area (Å²) in [6, 6.07) is 4.73. The van der Waals surface area contributed by atoms with Gasteiger partial charge in [-0.05, 0) is 39.3 Å². The summed E-state index contributed by atoms with van der Waals surface area (Å²) in [5.41, 5.74) is 0.675. The summed E-state index contributed by atoms with van der Waals surface area (Å²) < 4.78 is 6.67. The Morgan fingerprint density at radius 2 is 2.08 bits per heavy atom. The number of fused-ring (bicyclic) bond motifs is 1. The van der Waals surface area contributed by atoms with Crippen LogP contribution >= 0.6 is 0 Å². The number of rotatable bonds is 5. The molecule has 1 aromatic heterocycles. The number of carbonyl (C=O) groups excluding carboxylic acids is 1. The van der Waals surface area contributed by atoms with Crippen molar-refractivity contribution in [3.8, 4) is 0 Å². The number of aliphatic hydroxyl groups is 2. The highest BCUT2D eigenvalue weighted by Crippen LogP contribution is 2.17. The van der Waals surface area contributed by atoms with Crippen LogP contribution in [0.2, 0.25) is 0 Å². The first-order valence-electron chi connectivity index (χ1n) is 7.73. The molecule has 0 radical (unpaired) electrons. The van der Waals surface area contributed by atoms with Crippen LogP contribution in [0, 0.1) is 0 Å². The van der Waals surface area contributed by atoms with Gasteiger partial charge in [0.2, 0.25) is 0 Å². The van der Waals surface area contributed by atoms with Crippen molar-refractivity contribution in [3.05, 3.63) is 34.2 Å². The zero-order valence-electron chi connectivity index (χ0n) is 14.0. The molecule has 1 amide bonds. The Hall–Kier alpha value is -2.32. The first-order chi connectivity index (χ1) is 11.2. The smallest absolute Gasteiger partial charge is 0.407 e. The second-order valence-corrected chi connectivity index (χ2v) is 6.51. The summed E-state index contributed by atoms with van der Waals surface area (Å²) >= 11 is 0. The number of carbonyl (C=O) groups is 1. The molecule has 0 fully saturated rings. The van der Waals surface area contributed by atoms with Gasteiger partial charge in [0.15, 0.2) is 6.29 Å². The van der Waals surface area contributed by atoms with Gasteiger partial charge in [-0.25, -0.2) is 9.59 Å². The van der Waals surface area contributed by atoms with Crippen molar-refractivity contribution in [1.29, 1.82) is 0 Å². The lowest BCUT2D eigenvalue weighted by atomic mass is 10.2. The molecule has 0 atom stereocenters. The number of H-pyrrole nitrogens is 1. The van der Waals surface area contributed by atoms with E-state index in [0.717, 1.165) is 0 Å². The van der Waals surface area contributed by atoms with Gasteiger partial charge in [-0.1, -0.05) is 6.07 Å². The molecular formula is C16H23N3O5. The molecule has 132 valence electrons. The minimum atomic E-state index is -1.58. The molecule has 4 N–H and O–H groups in total. The van der Waals surface area contributed by atoms with Crippen molar-refractivity contribution >= 4 is 17.1 Å². The van der Waals surface area contributed by atoms with Crippen molar-refractivity contribution in [2.75, 3.05) is 6.54 Å². The Kier molecular flexibility index (Phi) is 5.30. The SMILES string of the molecule is CC(C)(C)OC(=O)NCCCn1c(=O)[nH]c2cc(C(O)O)ccc21. The maximum Gasteiger partial charge on any atom is 0.407 e. The van der Waals surface area contributed by atoms with E-state index in [9.17, 15) is 9.59 Å². The van der Waals surface area contributed by atoms with Crippen LogP contribution in [0.4, 0.5) is 4.79 Å². The second kappa shape index (κ2) is 7.06. The van der Waals surface area contributed by atoms with E-state index in [1.165, 1.54) is 6.07 Å². The fourth-order valence-electron chi connectivity index (χ4n) is 2.31. The molecule has 8 heteroatoms. The number of nitrogens with one attached hydrogen (secondary N) is 2. The lowest BCUT2D eigenvalue weighted by Gasteiger charge is -2.19. The number of aromatic nitrogens is 2. The van der Waals surface area contributed by atoms with Crippen LogP contribution < -0.4 is 11.0 Å². The Morgan fingerprint density at radius 1 is 1.38 bits per heavy atom. The number of nitrogens with zero attached hydrogens (tertiary/aromatic N) is 1. The van der Waals surface area contributed by atoms with E-state index in [0.29, 0.717) is 36.1 Å². The standard InChI is InChI=1S/C16H23N3O5/c1-16(2,3)24-15(23)17-7-4-8-19-12-6-5-10(13(20)21)9-11(12)18-14(19)22/h5-6,9,13,20-21H,4,7-8H2,1-3H3,(H,17,23)(H,18,22). The summed E-state index contributed by atoms with van der Waals surface area (Å²) in [4.78, 5) is 26.2. The molecule has 0 saturated carbocycles. The van der Waals surface area contributed by atoms with E-state index in [-0.39, 0.29) is 5.69 Å². The number of aryl methyl sites for hydroxylation is 1. The molecule has 0 aliphatic heterocycles. The summed E-state index contributed by atoms with van der Waals surface area (Å²) in [6.45, 7) is 6.15. The number of hydrogen-bond donors (Lipinski definition) is 4. The number of benzene rings is 1. The normalized spacial score (nSPS) is 11.9. The van der Waals surface area contributed by atoms with Gasteiger partial charge in [-0.2, -0.15) is 0 Å². The highest BCUT2D eigenvalue weighted by atomic mass is 16.6. The lowest BCUT2D eigenvalue weighted by molar-refractivity contribution is -0.0424.